The number of rotatable bonds is 0. The fourth-order valence-corrected chi connectivity index (χ4v) is 0.835. The van der Waals surface area contributed by atoms with E-state index >= 15 is 0 Å². The zero-order valence-electron chi connectivity index (χ0n) is 5.74. The van der Waals surface area contributed by atoms with Crippen LogP contribution >= 0.6 is 0 Å². The molecule has 1 N–H and O–H groups in total. The molecule has 1 aliphatic heterocycles. The minimum Gasteiger partial charge on any atom is -0.515 e. The number of aliphatic imine (C=N–C) groups is 1. The Morgan fingerprint density at radius 1 is 1.73 bits per heavy atom. The van der Waals surface area contributed by atoms with Gasteiger partial charge >= 0.3 is 0 Å². The summed E-state index contributed by atoms with van der Waals surface area (Å²) < 4.78 is 0. The number of ketones is 1. The number of carbonyl (C=O) groups excluding carboxylic acids is 1. The molecule has 1 aliphatic rings. The smallest absolute Gasteiger partial charge is 0.220 e. The van der Waals surface area contributed by atoms with Gasteiger partial charge in [0.2, 0.25) is 5.78 Å². The van der Waals surface area contributed by atoms with Gasteiger partial charge in [0.05, 0.1) is 6.26 Å². The molecule has 0 saturated carbocycles. The molecule has 0 aliphatic carbocycles. The van der Waals surface area contributed by atoms with Crippen LogP contribution in [0.3, 0.4) is 0 Å². The number of Topliss-reactive ketones (excluding diaryl/α,β-unsaturated/α-hetero) is 1. The van der Waals surface area contributed by atoms with Gasteiger partial charge in [-0.3, -0.25) is 9.79 Å². The Morgan fingerprint density at radius 3 is 3.00 bits per heavy atom. The summed E-state index contributed by atoms with van der Waals surface area (Å²) in [5.41, 5.74) is 0.146. The van der Waals surface area contributed by atoms with E-state index in [-0.39, 0.29) is 11.3 Å². The Morgan fingerprint density at radius 2 is 2.45 bits per heavy atom. The number of aliphatic hydroxyl groups is 1. The maximum atomic E-state index is 11.0. The molecule has 0 aromatic heterocycles. The van der Waals surface area contributed by atoms with Crippen LogP contribution in [0.2, 0.25) is 0 Å². The van der Waals surface area contributed by atoms with E-state index in [1.165, 1.54) is 0 Å². The minimum absolute atomic E-state index is 0.114. The molecule has 0 spiro atoms. The van der Waals surface area contributed by atoms with Gasteiger partial charge in [0.25, 0.3) is 0 Å². The lowest BCUT2D eigenvalue weighted by Crippen LogP contribution is -2.20. The molecule has 0 saturated heterocycles. The van der Waals surface area contributed by atoms with Crippen LogP contribution in [0.25, 0.3) is 0 Å². The first-order valence-electron chi connectivity index (χ1n) is 3.12. The lowest BCUT2D eigenvalue weighted by atomic mass is 10.0. The molecule has 0 atom stereocenters. The van der Waals surface area contributed by atoms with Gasteiger partial charge in [-0.1, -0.05) is 0 Å². The first-order chi connectivity index (χ1) is 5.29. The summed E-state index contributed by atoms with van der Waals surface area (Å²) in [7, 11) is 0. The normalized spacial score (nSPS) is 21.2. The monoisotopic (exact) mass is 150 g/mol. The first kappa shape index (κ1) is 7.48. The molecule has 56 valence electrons. The number of carbonyl (C=O) groups is 1. The lowest BCUT2D eigenvalue weighted by Gasteiger charge is -2.06. The summed E-state index contributed by atoms with van der Waals surface area (Å²) in [6.45, 7) is 0.404. The SMILES string of the molecule is N#CC1=NCCC(=CO)C1=O. The number of hydrogen-bond donors (Lipinski definition) is 1. The zero-order valence-corrected chi connectivity index (χ0v) is 5.74. The van der Waals surface area contributed by atoms with Crippen LogP contribution in [0, 0.1) is 11.3 Å². The Hall–Kier alpha value is -1.63. The third kappa shape index (κ3) is 1.27. The van der Waals surface area contributed by atoms with Crippen LogP contribution in [0.4, 0.5) is 0 Å². The standard InChI is InChI=1S/C7H6N2O2/c8-3-6-7(11)5(4-10)1-2-9-6/h4,10H,1-2H2. The Kier molecular flexibility index (Phi) is 2.02. The van der Waals surface area contributed by atoms with E-state index in [9.17, 15) is 4.79 Å². The van der Waals surface area contributed by atoms with E-state index in [1.54, 1.807) is 6.07 Å². The summed E-state index contributed by atoms with van der Waals surface area (Å²) in [6, 6.07) is 1.67. The summed E-state index contributed by atoms with van der Waals surface area (Å²) in [5, 5.41) is 16.9. The zero-order chi connectivity index (χ0) is 8.27. The minimum atomic E-state index is -0.457. The second kappa shape index (κ2) is 2.97. The van der Waals surface area contributed by atoms with Gasteiger partial charge in [0.1, 0.15) is 6.07 Å². The van der Waals surface area contributed by atoms with Gasteiger partial charge in [-0.05, 0) is 6.42 Å². The highest BCUT2D eigenvalue weighted by molar-refractivity contribution is 6.51. The van der Waals surface area contributed by atoms with Crippen LogP contribution in [0.1, 0.15) is 6.42 Å². The number of hydrogen-bond acceptors (Lipinski definition) is 4. The van der Waals surface area contributed by atoms with E-state index in [1.807, 2.05) is 0 Å². The molecule has 0 fully saturated rings. The van der Waals surface area contributed by atoms with Gasteiger partial charge in [-0.2, -0.15) is 5.26 Å². The Labute approximate surface area is 63.5 Å². The van der Waals surface area contributed by atoms with Crippen LogP contribution < -0.4 is 0 Å². The van der Waals surface area contributed by atoms with E-state index in [2.05, 4.69) is 4.99 Å². The van der Waals surface area contributed by atoms with Crippen molar-refractivity contribution in [2.24, 2.45) is 4.99 Å². The van der Waals surface area contributed by atoms with Gasteiger partial charge in [-0.15, -0.1) is 0 Å². The van der Waals surface area contributed by atoms with E-state index in [0.717, 1.165) is 6.26 Å². The molecule has 1 rings (SSSR count). The molecule has 11 heavy (non-hydrogen) atoms. The summed E-state index contributed by atoms with van der Waals surface area (Å²) in [5.74, 6) is -0.457. The van der Waals surface area contributed by atoms with Gasteiger partial charge in [0.15, 0.2) is 5.71 Å². The van der Waals surface area contributed by atoms with Crippen molar-refractivity contribution < 1.29 is 9.90 Å². The van der Waals surface area contributed by atoms with Crippen molar-refractivity contribution in [2.45, 2.75) is 6.42 Å². The van der Waals surface area contributed by atoms with Crippen molar-refractivity contribution in [1.29, 1.82) is 5.26 Å². The maximum absolute atomic E-state index is 11.0. The predicted molar refractivity (Wildman–Crippen MR) is 38.3 cm³/mol. The number of aliphatic hydroxyl groups excluding tert-OH is 1. The van der Waals surface area contributed by atoms with Crippen LogP contribution in [0.15, 0.2) is 16.8 Å². The fraction of sp³-hybridized carbons (Fsp3) is 0.286. The molecule has 0 radical (unpaired) electrons. The lowest BCUT2D eigenvalue weighted by molar-refractivity contribution is -0.110. The summed E-state index contributed by atoms with van der Waals surface area (Å²) in [4.78, 5) is 14.7. The second-order valence-electron chi connectivity index (χ2n) is 2.08. The molecule has 0 bridgehead atoms. The molecule has 0 aromatic rings. The van der Waals surface area contributed by atoms with Crippen molar-refractivity contribution >= 4 is 11.5 Å². The van der Waals surface area contributed by atoms with Crippen LogP contribution in [-0.4, -0.2) is 23.1 Å². The van der Waals surface area contributed by atoms with Gasteiger partial charge < -0.3 is 5.11 Å². The molecule has 1 heterocycles. The van der Waals surface area contributed by atoms with Crippen molar-refractivity contribution in [2.75, 3.05) is 6.54 Å². The first-order valence-corrected chi connectivity index (χ1v) is 3.12. The quantitative estimate of drug-likeness (QED) is 0.400. The average molecular weight is 150 g/mol. The molecule has 0 unspecified atom stereocenters. The van der Waals surface area contributed by atoms with Crippen molar-refractivity contribution in [3.05, 3.63) is 11.8 Å². The maximum Gasteiger partial charge on any atom is 0.220 e. The Bertz CT molecular complexity index is 283. The number of nitrogens with zero attached hydrogens (tertiary/aromatic N) is 2. The topological polar surface area (TPSA) is 73.4 Å². The van der Waals surface area contributed by atoms with Crippen LogP contribution in [0.5, 0.6) is 0 Å². The molecule has 0 aromatic carbocycles. The van der Waals surface area contributed by atoms with E-state index in [0.29, 0.717) is 13.0 Å². The van der Waals surface area contributed by atoms with Gasteiger partial charge in [0, 0.05) is 12.1 Å². The Balaban J connectivity index is 2.97. The van der Waals surface area contributed by atoms with Crippen LogP contribution in [-0.2, 0) is 4.79 Å². The van der Waals surface area contributed by atoms with Gasteiger partial charge in [-0.25, -0.2) is 0 Å². The molecule has 4 nitrogen and oxygen atoms in total. The second-order valence-corrected chi connectivity index (χ2v) is 2.08. The third-order valence-electron chi connectivity index (χ3n) is 1.42. The molecule has 4 heteroatoms. The van der Waals surface area contributed by atoms with E-state index < -0.39 is 5.78 Å². The highest BCUT2D eigenvalue weighted by Gasteiger charge is 2.20. The molecular formula is C7H6N2O2. The molecule has 0 amide bonds. The number of nitriles is 1. The molecular weight excluding hydrogens is 144 g/mol. The fourth-order valence-electron chi connectivity index (χ4n) is 0.835. The highest BCUT2D eigenvalue weighted by atomic mass is 16.2. The summed E-state index contributed by atoms with van der Waals surface area (Å²) in [6.07, 6.45) is 1.16. The third-order valence-corrected chi connectivity index (χ3v) is 1.42. The van der Waals surface area contributed by atoms with Crippen molar-refractivity contribution in [3.63, 3.8) is 0 Å². The average Bonchev–Trinajstić information content (AvgIpc) is 2.05. The predicted octanol–water partition coefficient (Wildman–Crippen LogP) is 0.366. The van der Waals surface area contributed by atoms with Crippen molar-refractivity contribution in [3.8, 4) is 6.07 Å². The largest absolute Gasteiger partial charge is 0.515 e. The summed E-state index contributed by atoms with van der Waals surface area (Å²) >= 11 is 0. The van der Waals surface area contributed by atoms with E-state index in [4.69, 9.17) is 10.4 Å². The highest BCUT2D eigenvalue weighted by Crippen LogP contribution is 2.09. The van der Waals surface area contributed by atoms with Crippen molar-refractivity contribution in [1.82, 2.24) is 0 Å².